The van der Waals surface area contributed by atoms with Crippen molar-refractivity contribution in [2.24, 2.45) is 34.5 Å². The van der Waals surface area contributed by atoms with Gasteiger partial charge in [0.25, 0.3) is 0 Å². The molecule has 10 rings (SSSR count). The molecular formula is C28H30O12. The number of esters is 2. The van der Waals surface area contributed by atoms with Crippen molar-refractivity contribution >= 4 is 23.5 Å². The summed E-state index contributed by atoms with van der Waals surface area (Å²) in [7, 11) is 0. The van der Waals surface area contributed by atoms with E-state index in [1.54, 1.807) is 32.9 Å². The molecule has 2 N–H and O–H groups in total. The Kier molecular flexibility index (Phi) is 3.90. The fourth-order valence-corrected chi connectivity index (χ4v) is 10.9. The third-order valence-corrected chi connectivity index (χ3v) is 12.9. The van der Waals surface area contributed by atoms with E-state index < -0.39 is 98.7 Å². The first-order chi connectivity index (χ1) is 18.8. The second-order valence-corrected chi connectivity index (χ2v) is 14.0. The molecule has 14 atom stereocenters. The molecule has 7 aliphatic heterocycles. The summed E-state index contributed by atoms with van der Waals surface area (Å²) < 4.78 is 25.1. The summed E-state index contributed by atoms with van der Waals surface area (Å²) in [6, 6.07) is 0. The number of hydrogen-bond donors (Lipinski definition) is 2. The van der Waals surface area contributed by atoms with Crippen LogP contribution in [0.1, 0.15) is 46.5 Å². The zero-order chi connectivity index (χ0) is 28.0. The number of Topliss-reactive ketones (excluding diaryl/α,β-unsaturated/α-hetero) is 2. The molecule has 40 heavy (non-hydrogen) atoms. The Hall–Kier alpha value is -2.22. The molecule has 10 aliphatic rings. The molecule has 0 aromatic carbocycles. The van der Waals surface area contributed by atoms with Crippen LogP contribution in [0.15, 0.2) is 12.2 Å². The molecule has 12 heteroatoms. The Morgan fingerprint density at radius 3 is 2.55 bits per heavy atom. The van der Waals surface area contributed by atoms with Crippen molar-refractivity contribution in [2.75, 3.05) is 6.61 Å². The zero-order valence-corrected chi connectivity index (χ0v) is 22.2. The molecule has 0 aromatic heterocycles. The van der Waals surface area contributed by atoms with Gasteiger partial charge in [0.15, 0.2) is 40.1 Å². The third kappa shape index (κ3) is 1.96. The van der Waals surface area contributed by atoms with Crippen LogP contribution >= 0.6 is 0 Å². The fraction of sp³-hybridized carbons (Fsp3) is 0.786. The summed E-state index contributed by atoms with van der Waals surface area (Å²) in [4.78, 5) is 67.1. The Labute approximate surface area is 228 Å². The second kappa shape index (κ2) is 6.40. The van der Waals surface area contributed by atoms with Crippen molar-refractivity contribution in [2.45, 2.75) is 93.0 Å². The van der Waals surface area contributed by atoms with E-state index in [9.17, 15) is 29.4 Å². The molecular weight excluding hydrogens is 528 g/mol. The molecule has 0 unspecified atom stereocenters. The zero-order valence-electron chi connectivity index (χ0n) is 22.2. The van der Waals surface area contributed by atoms with Crippen LogP contribution in [0.4, 0.5) is 0 Å². The van der Waals surface area contributed by atoms with Gasteiger partial charge in [-0.1, -0.05) is 6.92 Å². The van der Waals surface area contributed by atoms with E-state index in [4.69, 9.17) is 28.7 Å². The van der Waals surface area contributed by atoms with E-state index in [0.717, 1.165) is 0 Å². The topological polar surface area (TPSA) is 164 Å². The number of fused-ring (bicyclic) bond motifs is 4. The largest absolute Gasteiger partial charge is 0.458 e. The molecule has 2 saturated carbocycles. The van der Waals surface area contributed by atoms with Gasteiger partial charge < -0.3 is 29.2 Å². The third-order valence-electron chi connectivity index (χ3n) is 12.9. The van der Waals surface area contributed by atoms with Crippen molar-refractivity contribution in [3.05, 3.63) is 12.2 Å². The van der Waals surface area contributed by atoms with Crippen LogP contribution in [0, 0.1) is 34.5 Å². The maximum atomic E-state index is 15.0. The lowest BCUT2D eigenvalue weighted by molar-refractivity contribution is -0.441. The number of carbonyl (C=O) groups is 4. The summed E-state index contributed by atoms with van der Waals surface area (Å²) in [5.41, 5.74) is -9.90. The maximum Gasteiger partial charge on any atom is 0.342 e. The Bertz CT molecular complexity index is 1390. The van der Waals surface area contributed by atoms with Crippen LogP contribution in [-0.4, -0.2) is 86.8 Å². The average Bonchev–Trinajstić information content (AvgIpc) is 3.23. The van der Waals surface area contributed by atoms with Gasteiger partial charge in [-0.25, -0.2) is 14.6 Å². The molecule has 7 heterocycles. The highest BCUT2D eigenvalue weighted by atomic mass is 17.2. The summed E-state index contributed by atoms with van der Waals surface area (Å²) in [5, 5.41) is 24.1. The van der Waals surface area contributed by atoms with Crippen molar-refractivity contribution in [3.63, 3.8) is 0 Å². The molecule has 8 fully saturated rings. The minimum Gasteiger partial charge on any atom is -0.458 e. The average molecular weight is 559 g/mol. The number of ether oxygens (including phenoxy) is 4. The van der Waals surface area contributed by atoms with Crippen LogP contribution in [0.5, 0.6) is 0 Å². The highest BCUT2D eigenvalue weighted by molar-refractivity contribution is 6.00. The molecule has 0 radical (unpaired) electrons. The monoisotopic (exact) mass is 558 g/mol. The summed E-state index contributed by atoms with van der Waals surface area (Å²) in [5.74, 6) is -8.03. The fourth-order valence-electron chi connectivity index (χ4n) is 10.9. The van der Waals surface area contributed by atoms with E-state index in [2.05, 4.69) is 0 Å². The molecule has 214 valence electrons. The first-order valence-electron chi connectivity index (χ1n) is 14.1. The van der Waals surface area contributed by atoms with Gasteiger partial charge in [-0.15, -0.1) is 0 Å². The molecule has 6 saturated heterocycles. The lowest BCUT2D eigenvalue weighted by Gasteiger charge is -2.65. The number of aliphatic hydroxyl groups is 2. The summed E-state index contributed by atoms with van der Waals surface area (Å²) in [6.07, 6.45) is 0.0468. The van der Waals surface area contributed by atoms with Crippen molar-refractivity contribution in [1.29, 1.82) is 0 Å². The van der Waals surface area contributed by atoms with E-state index >= 15 is 0 Å². The predicted octanol–water partition coefficient (Wildman–Crippen LogP) is -0.329. The summed E-state index contributed by atoms with van der Waals surface area (Å²) >= 11 is 0. The van der Waals surface area contributed by atoms with Crippen LogP contribution in [0.2, 0.25) is 0 Å². The van der Waals surface area contributed by atoms with E-state index in [1.165, 1.54) is 0 Å². The molecule has 0 amide bonds. The molecule has 12 nitrogen and oxygen atoms in total. The first-order valence-corrected chi connectivity index (χ1v) is 14.1. The highest BCUT2D eigenvalue weighted by Crippen LogP contribution is 2.75. The van der Waals surface area contributed by atoms with Crippen molar-refractivity contribution in [1.82, 2.24) is 0 Å². The lowest BCUT2D eigenvalue weighted by atomic mass is 9.46. The van der Waals surface area contributed by atoms with Gasteiger partial charge in [0.2, 0.25) is 5.79 Å². The van der Waals surface area contributed by atoms with Crippen LogP contribution in [0.25, 0.3) is 0 Å². The van der Waals surface area contributed by atoms with Gasteiger partial charge in [0.1, 0.15) is 6.10 Å². The van der Waals surface area contributed by atoms with Crippen molar-refractivity contribution < 1.29 is 58.1 Å². The van der Waals surface area contributed by atoms with E-state index in [-0.39, 0.29) is 38.1 Å². The quantitative estimate of drug-likeness (QED) is 0.226. The molecule has 0 aromatic rings. The Morgan fingerprint density at radius 2 is 1.82 bits per heavy atom. The van der Waals surface area contributed by atoms with Crippen LogP contribution < -0.4 is 0 Å². The maximum absolute atomic E-state index is 15.0. The van der Waals surface area contributed by atoms with Crippen LogP contribution in [-0.2, 0) is 47.9 Å². The SMILES string of the molecule is C[C@@]12C[C@H]3OC(=O)[C@@H]1CO[C@]14O[C@]5([C@H]2C1=O)[C@@](O)(CC[C@H]1[C@H]4C[C@H](O)[C@@]24C=C[C@@H](OO2)C(=O)[C@]14C)C(=O)O[C@@]35C. The predicted molar refractivity (Wildman–Crippen MR) is 124 cm³/mol. The number of carbonyl (C=O) groups excluding carboxylic acids is 4. The lowest BCUT2D eigenvalue weighted by Crippen LogP contribution is -2.80. The number of ketones is 2. The van der Waals surface area contributed by atoms with E-state index in [1.807, 2.05) is 0 Å². The normalized spacial score (nSPS) is 63.7. The molecule has 3 aliphatic carbocycles. The minimum absolute atomic E-state index is 0.0559. The Balaban J connectivity index is 1.33. The van der Waals surface area contributed by atoms with Gasteiger partial charge in [0.05, 0.1) is 30.0 Å². The smallest absolute Gasteiger partial charge is 0.342 e. The van der Waals surface area contributed by atoms with Crippen LogP contribution in [0.3, 0.4) is 0 Å². The second-order valence-electron chi connectivity index (χ2n) is 14.0. The van der Waals surface area contributed by atoms with Gasteiger partial charge in [-0.3, -0.25) is 14.4 Å². The number of rotatable bonds is 0. The van der Waals surface area contributed by atoms with Crippen molar-refractivity contribution in [3.8, 4) is 0 Å². The standard InChI is InChI=1S/C28H30O12/c1-22-9-16-24(3)28-17(22)19(31)27(39-28,35-10-13(22)20(32)36-16)12-8-15(29)26-7-5-14(38-40-26)18(30)23(26,2)11(12)4-6-25(28,34)21(33)37-24/h5,7,11-17,29,34H,4,6,8-10H2,1-3H3/t11-,12+,13-,14+,15-,16+,17-,22+,23-,24-,25+,26+,27+,28-/m0/s1. The van der Waals surface area contributed by atoms with Gasteiger partial charge in [0, 0.05) is 5.92 Å². The van der Waals surface area contributed by atoms with E-state index in [0.29, 0.717) is 0 Å². The first kappa shape index (κ1) is 24.4. The highest BCUT2D eigenvalue weighted by Gasteiger charge is 2.93. The van der Waals surface area contributed by atoms with Gasteiger partial charge >= 0.3 is 11.9 Å². The minimum atomic E-state index is -2.30. The molecule has 3 spiro atoms. The van der Waals surface area contributed by atoms with Gasteiger partial charge in [-0.05, 0) is 63.0 Å². The van der Waals surface area contributed by atoms with Gasteiger partial charge in [-0.2, -0.15) is 0 Å². The number of aliphatic hydroxyl groups excluding tert-OH is 1. The molecule has 7 bridgehead atoms. The number of hydrogen-bond acceptors (Lipinski definition) is 12. The summed E-state index contributed by atoms with van der Waals surface area (Å²) in [6.45, 7) is 4.84. The Morgan fingerprint density at radius 1 is 1.05 bits per heavy atom.